The van der Waals surface area contributed by atoms with Crippen LogP contribution in [-0.4, -0.2) is 24.7 Å². The molecule has 3 aromatic heterocycles. The number of fused-ring (bicyclic) bond motifs is 2. The van der Waals surface area contributed by atoms with E-state index in [9.17, 15) is 5.11 Å². The summed E-state index contributed by atoms with van der Waals surface area (Å²) in [5.41, 5.74) is 5.69. The summed E-state index contributed by atoms with van der Waals surface area (Å²) in [6.45, 7) is 3.59. The molecule has 5 rings (SSSR count). The summed E-state index contributed by atoms with van der Waals surface area (Å²) in [4.78, 5) is 4.74. The van der Waals surface area contributed by atoms with Gasteiger partial charge in [-0.05, 0) is 54.8 Å². The number of hydrogen-bond donors (Lipinski definition) is 2. The van der Waals surface area contributed by atoms with Crippen LogP contribution in [0, 0.1) is 0 Å². The van der Waals surface area contributed by atoms with Crippen LogP contribution in [-0.2, 0) is 5.60 Å². The van der Waals surface area contributed by atoms with Gasteiger partial charge in [0, 0.05) is 17.8 Å². The maximum Gasteiger partial charge on any atom is 0.137 e. The average molecular weight is 368 g/mol. The Bertz CT molecular complexity index is 1310. The van der Waals surface area contributed by atoms with Gasteiger partial charge in [-0.1, -0.05) is 36.4 Å². The molecule has 0 atom stereocenters. The number of para-hydroxylation sites is 1. The van der Waals surface area contributed by atoms with E-state index in [0.29, 0.717) is 0 Å². The third-order valence-electron chi connectivity index (χ3n) is 5.07. The summed E-state index contributed by atoms with van der Waals surface area (Å²) in [7, 11) is 0. The number of nitrogens with one attached hydrogen (secondary N) is 1. The smallest absolute Gasteiger partial charge is 0.137 e. The van der Waals surface area contributed by atoms with Gasteiger partial charge in [0.05, 0.1) is 11.1 Å². The number of rotatable bonds is 3. The third-order valence-corrected chi connectivity index (χ3v) is 5.07. The summed E-state index contributed by atoms with van der Waals surface area (Å²) < 4.78 is 2.02. The molecule has 0 aliphatic rings. The zero-order valence-electron chi connectivity index (χ0n) is 15.7. The highest BCUT2D eigenvalue weighted by Crippen LogP contribution is 2.29. The zero-order valence-corrected chi connectivity index (χ0v) is 15.7. The standard InChI is InChI=1S/C23H20N4O/c1-23(2,28)17-7-5-6-15(12-17)16-10-11-21-24-20(14-27(21)13-16)22-18-8-3-4-9-19(18)25-26-22/h3-14,28H,1-2H3,(H,25,26). The van der Waals surface area contributed by atoms with Crippen molar-refractivity contribution in [2.45, 2.75) is 19.4 Å². The second-order valence-corrected chi connectivity index (χ2v) is 7.57. The molecule has 0 aliphatic carbocycles. The normalized spacial score (nSPS) is 12.1. The molecule has 0 fully saturated rings. The number of aromatic amines is 1. The van der Waals surface area contributed by atoms with Gasteiger partial charge in [-0.3, -0.25) is 5.10 Å². The van der Waals surface area contributed by atoms with Gasteiger partial charge in [-0.15, -0.1) is 0 Å². The van der Waals surface area contributed by atoms with E-state index in [0.717, 1.165) is 44.6 Å². The lowest BCUT2D eigenvalue weighted by atomic mass is 9.95. The molecule has 3 heterocycles. The van der Waals surface area contributed by atoms with Gasteiger partial charge in [-0.25, -0.2) is 4.98 Å². The third kappa shape index (κ3) is 2.77. The van der Waals surface area contributed by atoms with Crippen LogP contribution in [0.2, 0.25) is 0 Å². The van der Waals surface area contributed by atoms with Crippen LogP contribution in [0.1, 0.15) is 19.4 Å². The quantitative estimate of drug-likeness (QED) is 0.482. The minimum Gasteiger partial charge on any atom is -0.386 e. The molecular weight excluding hydrogens is 348 g/mol. The largest absolute Gasteiger partial charge is 0.386 e. The van der Waals surface area contributed by atoms with Crippen molar-refractivity contribution in [1.29, 1.82) is 0 Å². The van der Waals surface area contributed by atoms with Crippen LogP contribution in [0.3, 0.4) is 0 Å². The second-order valence-electron chi connectivity index (χ2n) is 7.57. The minimum atomic E-state index is -0.872. The second kappa shape index (κ2) is 6.04. The predicted octanol–water partition coefficient (Wildman–Crippen LogP) is 4.77. The number of benzene rings is 2. The van der Waals surface area contributed by atoms with Crippen molar-refractivity contribution in [2.24, 2.45) is 0 Å². The molecule has 5 nitrogen and oxygen atoms in total. The van der Waals surface area contributed by atoms with Crippen LogP contribution < -0.4 is 0 Å². The fourth-order valence-corrected chi connectivity index (χ4v) is 3.51. The number of imidazole rings is 1. The first-order valence-corrected chi connectivity index (χ1v) is 9.24. The van der Waals surface area contributed by atoms with E-state index < -0.39 is 5.60 Å². The maximum atomic E-state index is 10.3. The molecule has 0 bridgehead atoms. The monoisotopic (exact) mass is 368 g/mol. The van der Waals surface area contributed by atoms with E-state index in [1.54, 1.807) is 13.8 Å². The average Bonchev–Trinajstić information content (AvgIpc) is 3.30. The molecule has 0 radical (unpaired) electrons. The van der Waals surface area contributed by atoms with E-state index in [-0.39, 0.29) is 0 Å². The lowest BCUT2D eigenvalue weighted by Gasteiger charge is -2.18. The Morgan fingerprint density at radius 3 is 2.64 bits per heavy atom. The Morgan fingerprint density at radius 2 is 1.79 bits per heavy atom. The van der Waals surface area contributed by atoms with Crippen LogP contribution in [0.4, 0.5) is 0 Å². The molecule has 0 amide bonds. The van der Waals surface area contributed by atoms with E-state index in [2.05, 4.69) is 28.5 Å². The van der Waals surface area contributed by atoms with Crippen LogP contribution >= 0.6 is 0 Å². The summed E-state index contributed by atoms with van der Waals surface area (Å²) in [5, 5.41) is 18.9. The number of hydrogen-bond acceptors (Lipinski definition) is 3. The molecule has 0 spiro atoms. The van der Waals surface area contributed by atoms with Crippen LogP contribution in [0.15, 0.2) is 73.1 Å². The SMILES string of the molecule is CC(C)(O)c1cccc(-c2ccc3nc(-c4n[nH]c5ccccc45)cn3c2)c1. The Labute approximate surface area is 162 Å². The van der Waals surface area contributed by atoms with Crippen molar-refractivity contribution in [1.82, 2.24) is 19.6 Å². The predicted molar refractivity (Wildman–Crippen MR) is 111 cm³/mol. The van der Waals surface area contributed by atoms with Gasteiger partial charge in [0.15, 0.2) is 0 Å². The van der Waals surface area contributed by atoms with Gasteiger partial charge < -0.3 is 9.51 Å². The summed E-state index contributed by atoms with van der Waals surface area (Å²) in [6, 6.07) is 20.1. The van der Waals surface area contributed by atoms with Gasteiger partial charge in [0.25, 0.3) is 0 Å². The Morgan fingerprint density at radius 1 is 0.929 bits per heavy atom. The van der Waals surface area contributed by atoms with Gasteiger partial charge >= 0.3 is 0 Å². The minimum absolute atomic E-state index is 0.833. The first kappa shape index (κ1) is 16.7. The summed E-state index contributed by atoms with van der Waals surface area (Å²) in [6.07, 6.45) is 4.06. The van der Waals surface area contributed by atoms with Crippen molar-refractivity contribution < 1.29 is 5.11 Å². The lowest BCUT2D eigenvalue weighted by molar-refractivity contribution is 0.0786. The molecule has 0 saturated heterocycles. The van der Waals surface area contributed by atoms with Crippen molar-refractivity contribution in [2.75, 3.05) is 0 Å². The first-order chi connectivity index (χ1) is 13.5. The molecule has 0 saturated carbocycles. The molecule has 2 aromatic carbocycles. The highest BCUT2D eigenvalue weighted by molar-refractivity contribution is 5.92. The van der Waals surface area contributed by atoms with E-state index in [1.165, 1.54) is 0 Å². The van der Waals surface area contributed by atoms with E-state index in [4.69, 9.17) is 4.98 Å². The van der Waals surface area contributed by atoms with Crippen molar-refractivity contribution in [3.8, 4) is 22.5 Å². The molecule has 28 heavy (non-hydrogen) atoms. The fourth-order valence-electron chi connectivity index (χ4n) is 3.51. The number of pyridine rings is 1. The summed E-state index contributed by atoms with van der Waals surface area (Å²) >= 11 is 0. The molecular formula is C23H20N4O. The van der Waals surface area contributed by atoms with Gasteiger partial charge in [-0.2, -0.15) is 5.10 Å². The maximum absolute atomic E-state index is 10.3. The fraction of sp³-hybridized carbons (Fsp3) is 0.130. The van der Waals surface area contributed by atoms with Crippen molar-refractivity contribution >= 4 is 16.6 Å². The molecule has 5 aromatic rings. The topological polar surface area (TPSA) is 66.2 Å². The van der Waals surface area contributed by atoms with Crippen molar-refractivity contribution in [3.05, 3.63) is 78.6 Å². The lowest BCUT2D eigenvalue weighted by Crippen LogP contribution is -2.15. The number of H-pyrrole nitrogens is 1. The van der Waals surface area contributed by atoms with Gasteiger partial charge in [0.2, 0.25) is 0 Å². The Kier molecular flexibility index (Phi) is 3.60. The van der Waals surface area contributed by atoms with E-state index in [1.807, 2.05) is 59.1 Å². The molecule has 2 N–H and O–H groups in total. The Hall–Kier alpha value is -3.44. The van der Waals surface area contributed by atoms with E-state index >= 15 is 0 Å². The Balaban J connectivity index is 1.60. The highest BCUT2D eigenvalue weighted by Gasteiger charge is 2.16. The van der Waals surface area contributed by atoms with Crippen LogP contribution in [0.25, 0.3) is 39.1 Å². The zero-order chi connectivity index (χ0) is 19.3. The number of nitrogens with zero attached hydrogens (tertiary/aromatic N) is 3. The van der Waals surface area contributed by atoms with Gasteiger partial charge in [0.1, 0.15) is 17.0 Å². The molecule has 0 aliphatic heterocycles. The molecule has 138 valence electrons. The number of aliphatic hydroxyl groups is 1. The molecule has 0 unspecified atom stereocenters. The molecule has 5 heteroatoms. The highest BCUT2D eigenvalue weighted by atomic mass is 16.3. The number of aromatic nitrogens is 4. The summed E-state index contributed by atoms with van der Waals surface area (Å²) in [5.74, 6) is 0. The van der Waals surface area contributed by atoms with Crippen LogP contribution in [0.5, 0.6) is 0 Å². The first-order valence-electron chi connectivity index (χ1n) is 9.24. The van der Waals surface area contributed by atoms with Crippen molar-refractivity contribution in [3.63, 3.8) is 0 Å².